The third-order valence-electron chi connectivity index (χ3n) is 4.90. The molecule has 0 saturated carbocycles. The number of rotatable bonds is 4. The minimum Gasteiger partial charge on any atom is -0.353 e. The predicted octanol–water partition coefficient (Wildman–Crippen LogP) is 1.80. The molecular weight excluding hydrogens is 294 g/mol. The Bertz CT molecular complexity index is 475. The number of piperazine rings is 1. The van der Waals surface area contributed by atoms with Gasteiger partial charge in [0.2, 0.25) is 0 Å². The minimum absolute atomic E-state index is 0.750. The fraction of sp³-hybridized carbons (Fsp3) is 0.750. The second-order valence-corrected chi connectivity index (χ2v) is 7.16. The molecule has 1 aromatic heterocycles. The zero-order chi connectivity index (χ0) is 15.4. The quantitative estimate of drug-likeness (QED) is 0.787. The summed E-state index contributed by atoms with van der Waals surface area (Å²) < 4.78 is 0. The van der Waals surface area contributed by atoms with Gasteiger partial charge in [0, 0.05) is 38.8 Å². The largest absolute Gasteiger partial charge is 0.353 e. The predicted molar refractivity (Wildman–Crippen MR) is 92.7 cm³/mol. The Hall–Kier alpha value is -0.850. The molecule has 3 rings (SSSR count). The van der Waals surface area contributed by atoms with Crippen LogP contribution in [0, 0.1) is 0 Å². The third kappa shape index (κ3) is 3.91. The highest BCUT2D eigenvalue weighted by atomic mass is 32.2. The van der Waals surface area contributed by atoms with Crippen molar-refractivity contribution in [2.45, 2.75) is 30.3 Å². The van der Waals surface area contributed by atoms with E-state index in [9.17, 15) is 0 Å². The van der Waals surface area contributed by atoms with Crippen molar-refractivity contribution in [3.05, 3.63) is 12.4 Å². The first kappa shape index (κ1) is 16.0. The molecule has 22 heavy (non-hydrogen) atoms. The Morgan fingerprint density at radius 2 is 1.95 bits per heavy atom. The van der Waals surface area contributed by atoms with Crippen molar-refractivity contribution < 1.29 is 0 Å². The van der Waals surface area contributed by atoms with Crippen LogP contribution < -0.4 is 4.90 Å². The maximum absolute atomic E-state index is 4.67. The van der Waals surface area contributed by atoms with Crippen LogP contribution in [-0.4, -0.2) is 78.4 Å². The molecule has 122 valence electrons. The Labute approximate surface area is 138 Å². The fourth-order valence-electron chi connectivity index (χ4n) is 3.42. The summed E-state index contributed by atoms with van der Waals surface area (Å²) in [6.45, 7) is 6.87. The van der Waals surface area contributed by atoms with Crippen LogP contribution in [0.2, 0.25) is 0 Å². The van der Waals surface area contributed by atoms with Gasteiger partial charge in [-0.15, -0.1) is 11.8 Å². The highest BCUT2D eigenvalue weighted by Gasteiger charge is 2.24. The number of hydrogen-bond donors (Lipinski definition) is 0. The van der Waals surface area contributed by atoms with Gasteiger partial charge in [0.05, 0.1) is 12.4 Å². The molecule has 1 aromatic rings. The summed E-state index contributed by atoms with van der Waals surface area (Å²) in [5.74, 6) is 1.03. The number of aromatic nitrogens is 2. The average molecular weight is 321 g/mol. The summed E-state index contributed by atoms with van der Waals surface area (Å²) in [6, 6.07) is 0.750. The average Bonchev–Trinajstić information content (AvgIpc) is 2.58. The van der Waals surface area contributed by atoms with Crippen LogP contribution in [0.1, 0.15) is 19.3 Å². The number of hydrogen-bond acceptors (Lipinski definition) is 6. The van der Waals surface area contributed by atoms with Gasteiger partial charge in [-0.05, 0) is 32.7 Å². The van der Waals surface area contributed by atoms with E-state index in [0.29, 0.717) is 0 Å². The van der Waals surface area contributed by atoms with Gasteiger partial charge in [0.15, 0.2) is 0 Å². The van der Waals surface area contributed by atoms with E-state index < -0.39 is 0 Å². The Morgan fingerprint density at radius 3 is 2.68 bits per heavy atom. The standard InChI is InChI=1S/C16H27N5S/c1-19-6-4-3-5-14(19)13-20-7-9-21(10-8-20)15-11-17-12-16(18-15)22-2/h11-12,14H,3-10,13H2,1-2H3/t14-/m0/s1. The smallest absolute Gasteiger partial charge is 0.148 e. The molecule has 0 spiro atoms. The molecule has 2 aliphatic rings. The van der Waals surface area contributed by atoms with E-state index in [4.69, 9.17) is 0 Å². The van der Waals surface area contributed by atoms with Crippen molar-refractivity contribution in [1.82, 2.24) is 19.8 Å². The first-order valence-corrected chi connectivity index (χ1v) is 9.52. The molecule has 6 heteroatoms. The van der Waals surface area contributed by atoms with Crippen molar-refractivity contribution >= 4 is 17.6 Å². The molecule has 0 bridgehead atoms. The van der Waals surface area contributed by atoms with Gasteiger partial charge in [-0.3, -0.25) is 9.88 Å². The van der Waals surface area contributed by atoms with E-state index >= 15 is 0 Å². The van der Waals surface area contributed by atoms with Gasteiger partial charge in [0.1, 0.15) is 10.8 Å². The number of likely N-dealkylation sites (tertiary alicyclic amines) is 1. The molecule has 0 aromatic carbocycles. The summed E-state index contributed by atoms with van der Waals surface area (Å²) >= 11 is 1.65. The van der Waals surface area contributed by atoms with Crippen LogP contribution in [0.3, 0.4) is 0 Å². The number of piperidine rings is 1. The second kappa shape index (κ2) is 7.62. The van der Waals surface area contributed by atoms with Crippen molar-refractivity contribution in [3.8, 4) is 0 Å². The Kier molecular flexibility index (Phi) is 5.55. The van der Waals surface area contributed by atoms with Crippen molar-refractivity contribution in [2.75, 3.05) is 57.5 Å². The number of likely N-dealkylation sites (N-methyl/N-ethyl adjacent to an activating group) is 1. The van der Waals surface area contributed by atoms with Crippen LogP contribution in [0.25, 0.3) is 0 Å². The number of thioether (sulfide) groups is 1. The number of nitrogens with zero attached hydrogens (tertiary/aromatic N) is 5. The van der Waals surface area contributed by atoms with Crippen molar-refractivity contribution in [2.24, 2.45) is 0 Å². The molecule has 0 unspecified atom stereocenters. The van der Waals surface area contributed by atoms with Crippen LogP contribution >= 0.6 is 11.8 Å². The number of anilines is 1. The van der Waals surface area contributed by atoms with Gasteiger partial charge < -0.3 is 9.80 Å². The minimum atomic E-state index is 0.750. The maximum Gasteiger partial charge on any atom is 0.148 e. The Morgan fingerprint density at radius 1 is 1.14 bits per heavy atom. The molecule has 2 saturated heterocycles. The van der Waals surface area contributed by atoms with Gasteiger partial charge >= 0.3 is 0 Å². The summed E-state index contributed by atoms with van der Waals surface area (Å²) in [7, 11) is 2.28. The lowest BCUT2D eigenvalue weighted by Crippen LogP contribution is -2.52. The molecule has 5 nitrogen and oxygen atoms in total. The summed E-state index contributed by atoms with van der Waals surface area (Å²) in [6.07, 6.45) is 9.90. The topological polar surface area (TPSA) is 35.5 Å². The van der Waals surface area contributed by atoms with Crippen LogP contribution in [-0.2, 0) is 0 Å². The van der Waals surface area contributed by atoms with E-state index in [2.05, 4.69) is 31.7 Å². The monoisotopic (exact) mass is 321 g/mol. The second-order valence-electron chi connectivity index (χ2n) is 6.34. The third-order valence-corrected chi connectivity index (χ3v) is 5.51. The van der Waals surface area contributed by atoms with E-state index in [-0.39, 0.29) is 0 Å². The fourth-order valence-corrected chi connectivity index (χ4v) is 3.77. The SMILES string of the molecule is CSc1cncc(N2CCN(C[C@@H]3CCCCN3C)CC2)n1. The molecule has 1 atom stereocenters. The molecule has 2 fully saturated rings. The molecular formula is C16H27N5S. The van der Waals surface area contributed by atoms with Gasteiger partial charge in [-0.1, -0.05) is 6.42 Å². The molecule has 0 aliphatic carbocycles. The van der Waals surface area contributed by atoms with Crippen LogP contribution in [0.15, 0.2) is 17.4 Å². The molecule has 3 heterocycles. The zero-order valence-electron chi connectivity index (χ0n) is 13.7. The summed E-state index contributed by atoms with van der Waals surface area (Å²) in [5.41, 5.74) is 0. The first-order valence-electron chi connectivity index (χ1n) is 8.30. The van der Waals surface area contributed by atoms with E-state index in [0.717, 1.165) is 43.1 Å². The van der Waals surface area contributed by atoms with Crippen molar-refractivity contribution in [1.29, 1.82) is 0 Å². The van der Waals surface area contributed by atoms with Gasteiger partial charge in [-0.2, -0.15) is 0 Å². The van der Waals surface area contributed by atoms with Gasteiger partial charge in [0.25, 0.3) is 0 Å². The van der Waals surface area contributed by atoms with Crippen LogP contribution in [0.5, 0.6) is 0 Å². The lowest BCUT2D eigenvalue weighted by Gasteiger charge is -2.40. The highest BCUT2D eigenvalue weighted by Crippen LogP contribution is 2.19. The molecule has 0 radical (unpaired) electrons. The van der Waals surface area contributed by atoms with Crippen molar-refractivity contribution in [3.63, 3.8) is 0 Å². The van der Waals surface area contributed by atoms with Crippen LogP contribution in [0.4, 0.5) is 5.82 Å². The first-order chi connectivity index (χ1) is 10.8. The summed E-state index contributed by atoms with van der Waals surface area (Å²) in [4.78, 5) is 16.5. The Balaban J connectivity index is 1.51. The lowest BCUT2D eigenvalue weighted by molar-refractivity contribution is 0.124. The highest BCUT2D eigenvalue weighted by molar-refractivity contribution is 7.98. The molecule has 0 amide bonds. The van der Waals surface area contributed by atoms with E-state index in [1.807, 2.05) is 18.6 Å². The zero-order valence-corrected chi connectivity index (χ0v) is 14.6. The van der Waals surface area contributed by atoms with E-state index in [1.165, 1.54) is 32.4 Å². The van der Waals surface area contributed by atoms with Gasteiger partial charge in [-0.25, -0.2) is 4.98 Å². The molecule has 2 aliphatic heterocycles. The van der Waals surface area contributed by atoms with E-state index in [1.54, 1.807) is 11.8 Å². The maximum atomic E-state index is 4.67. The lowest BCUT2D eigenvalue weighted by atomic mass is 10.0. The molecule has 0 N–H and O–H groups in total. The summed E-state index contributed by atoms with van der Waals surface area (Å²) in [5, 5.41) is 1.00. The normalized spacial score (nSPS) is 24.6.